The van der Waals surface area contributed by atoms with Crippen molar-refractivity contribution in [3.8, 4) is 5.75 Å². The molecule has 116 valence electrons. The Morgan fingerprint density at radius 1 is 1.48 bits per heavy atom. The Morgan fingerprint density at radius 3 is 2.81 bits per heavy atom. The number of esters is 1. The van der Waals surface area contributed by atoms with Gasteiger partial charge in [0.05, 0.1) is 24.0 Å². The van der Waals surface area contributed by atoms with Gasteiger partial charge in [0.2, 0.25) is 10.0 Å². The zero-order valence-corrected chi connectivity index (χ0v) is 12.9. The molecule has 0 aromatic heterocycles. The minimum absolute atomic E-state index is 0.0339. The van der Waals surface area contributed by atoms with Gasteiger partial charge in [-0.25, -0.2) is 13.6 Å². The second kappa shape index (κ2) is 6.03. The van der Waals surface area contributed by atoms with E-state index in [9.17, 15) is 13.2 Å². The molecule has 1 atom stereocenters. The average molecular weight is 313 g/mol. The summed E-state index contributed by atoms with van der Waals surface area (Å²) < 4.78 is 33.6. The van der Waals surface area contributed by atoms with Crippen LogP contribution in [-0.2, 0) is 19.6 Å². The summed E-state index contributed by atoms with van der Waals surface area (Å²) >= 11 is 0. The van der Waals surface area contributed by atoms with Crippen LogP contribution in [0.3, 0.4) is 0 Å². The average Bonchev–Trinajstić information content (AvgIpc) is 2.42. The highest BCUT2D eigenvalue weighted by Crippen LogP contribution is 2.35. The summed E-state index contributed by atoms with van der Waals surface area (Å²) in [6.07, 6.45) is 0.456. The van der Waals surface area contributed by atoms with Gasteiger partial charge in [-0.15, -0.1) is 0 Å². The fourth-order valence-corrected chi connectivity index (χ4v) is 2.69. The van der Waals surface area contributed by atoms with Crippen LogP contribution in [-0.4, -0.2) is 27.6 Å². The zero-order valence-electron chi connectivity index (χ0n) is 12.0. The molecule has 0 fully saturated rings. The topological polar surface area (TPSA) is 95.7 Å². The van der Waals surface area contributed by atoms with E-state index in [1.54, 1.807) is 0 Å². The standard InChI is InChI=1S/C14H19NO5S/c1-9(2)8-20-14(16)11-5-6-19-13-4-3-10(7-12(11)13)21(15,17)18/h3-4,7,9,11H,5-6,8H2,1-2H3,(H2,15,17,18). The maximum atomic E-state index is 12.2. The van der Waals surface area contributed by atoms with Crippen LogP contribution in [0.2, 0.25) is 0 Å². The Kier molecular flexibility index (Phi) is 4.53. The number of sulfonamides is 1. The van der Waals surface area contributed by atoms with Crippen molar-refractivity contribution in [1.82, 2.24) is 0 Å². The molecule has 2 rings (SSSR count). The molecule has 0 amide bonds. The molecule has 0 radical (unpaired) electrons. The van der Waals surface area contributed by atoms with Crippen LogP contribution in [0.15, 0.2) is 23.1 Å². The lowest BCUT2D eigenvalue weighted by atomic mass is 9.93. The number of primary sulfonamides is 1. The number of nitrogens with two attached hydrogens (primary N) is 1. The SMILES string of the molecule is CC(C)COC(=O)C1CCOc2ccc(S(N)(=O)=O)cc21. The number of ether oxygens (including phenoxy) is 2. The third-order valence-corrected chi connectivity index (χ3v) is 4.10. The van der Waals surface area contributed by atoms with Crippen LogP contribution >= 0.6 is 0 Å². The van der Waals surface area contributed by atoms with Gasteiger partial charge in [0.1, 0.15) is 5.75 Å². The van der Waals surface area contributed by atoms with Gasteiger partial charge < -0.3 is 9.47 Å². The van der Waals surface area contributed by atoms with Gasteiger partial charge in [0.15, 0.2) is 0 Å². The van der Waals surface area contributed by atoms with E-state index in [4.69, 9.17) is 14.6 Å². The Morgan fingerprint density at radius 2 is 2.19 bits per heavy atom. The van der Waals surface area contributed by atoms with Crippen LogP contribution in [0.25, 0.3) is 0 Å². The molecule has 1 heterocycles. The van der Waals surface area contributed by atoms with Crippen molar-refractivity contribution in [3.63, 3.8) is 0 Å². The van der Waals surface area contributed by atoms with Gasteiger partial charge in [-0.1, -0.05) is 13.8 Å². The summed E-state index contributed by atoms with van der Waals surface area (Å²) in [4.78, 5) is 12.1. The lowest BCUT2D eigenvalue weighted by Gasteiger charge is -2.25. The van der Waals surface area contributed by atoms with Crippen LogP contribution in [0.4, 0.5) is 0 Å². The Bertz CT molecular complexity index is 639. The molecule has 0 spiro atoms. The molecule has 1 aliphatic rings. The van der Waals surface area contributed by atoms with Gasteiger partial charge in [0, 0.05) is 5.56 Å². The number of carbonyl (C=O) groups excluding carboxylic acids is 1. The highest BCUT2D eigenvalue weighted by atomic mass is 32.2. The molecule has 21 heavy (non-hydrogen) atoms. The first-order valence-electron chi connectivity index (χ1n) is 6.75. The molecule has 1 unspecified atom stereocenters. The first-order valence-corrected chi connectivity index (χ1v) is 8.30. The highest BCUT2D eigenvalue weighted by Gasteiger charge is 2.30. The number of hydrogen-bond donors (Lipinski definition) is 1. The molecule has 0 saturated heterocycles. The molecule has 0 aliphatic carbocycles. The van der Waals surface area contributed by atoms with E-state index in [0.717, 1.165) is 0 Å². The second-order valence-corrected chi connectivity index (χ2v) is 7.02. The first-order chi connectivity index (χ1) is 9.79. The summed E-state index contributed by atoms with van der Waals surface area (Å²) in [6, 6.07) is 4.29. The van der Waals surface area contributed by atoms with E-state index < -0.39 is 15.9 Å². The van der Waals surface area contributed by atoms with E-state index in [0.29, 0.717) is 30.9 Å². The van der Waals surface area contributed by atoms with Crippen molar-refractivity contribution in [1.29, 1.82) is 0 Å². The zero-order chi connectivity index (χ0) is 15.6. The molecule has 2 N–H and O–H groups in total. The Hall–Kier alpha value is -1.60. The quantitative estimate of drug-likeness (QED) is 0.848. The first kappa shape index (κ1) is 15.8. The number of rotatable bonds is 4. The van der Waals surface area contributed by atoms with Gasteiger partial charge in [-0.2, -0.15) is 0 Å². The molecular weight excluding hydrogens is 294 g/mol. The number of hydrogen-bond acceptors (Lipinski definition) is 5. The van der Waals surface area contributed by atoms with Gasteiger partial charge >= 0.3 is 5.97 Å². The maximum absolute atomic E-state index is 12.2. The van der Waals surface area contributed by atoms with Crippen molar-refractivity contribution in [2.75, 3.05) is 13.2 Å². The fourth-order valence-electron chi connectivity index (χ4n) is 2.14. The third-order valence-electron chi connectivity index (χ3n) is 3.19. The van der Waals surface area contributed by atoms with Crippen molar-refractivity contribution in [2.24, 2.45) is 11.1 Å². The number of fused-ring (bicyclic) bond motifs is 1. The van der Waals surface area contributed by atoms with E-state index in [1.807, 2.05) is 13.8 Å². The summed E-state index contributed by atoms with van der Waals surface area (Å²) in [6.45, 7) is 4.62. The lowest BCUT2D eigenvalue weighted by Crippen LogP contribution is -2.25. The maximum Gasteiger partial charge on any atom is 0.313 e. The number of carbonyl (C=O) groups is 1. The fraction of sp³-hybridized carbons (Fsp3) is 0.500. The van der Waals surface area contributed by atoms with Crippen LogP contribution in [0.1, 0.15) is 31.7 Å². The smallest absolute Gasteiger partial charge is 0.313 e. The van der Waals surface area contributed by atoms with Crippen LogP contribution in [0, 0.1) is 5.92 Å². The minimum Gasteiger partial charge on any atom is -0.493 e. The molecule has 7 heteroatoms. The van der Waals surface area contributed by atoms with E-state index in [-0.39, 0.29) is 16.8 Å². The third kappa shape index (κ3) is 3.74. The van der Waals surface area contributed by atoms with Gasteiger partial charge in [0.25, 0.3) is 0 Å². The minimum atomic E-state index is -3.82. The predicted molar refractivity (Wildman–Crippen MR) is 76.5 cm³/mol. The summed E-state index contributed by atoms with van der Waals surface area (Å²) in [7, 11) is -3.82. The second-order valence-electron chi connectivity index (χ2n) is 5.46. The van der Waals surface area contributed by atoms with Crippen molar-refractivity contribution in [2.45, 2.75) is 31.1 Å². The molecule has 0 bridgehead atoms. The summed E-state index contributed by atoms with van der Waals surface area (Å²) in [5.74, 6) is -0.141. The summed E-state index contributed by atoms with van der Waals surface area (Å²) in [5, 5.41) is 5.13. The van der Waals surface area contributed by atoms with E-state index in [1.165, 1.54) is 18.2 Å². The molecule has 6 nitrogen and oxygen atoms in total. The predicted octanol–water partition coefficient (Wildman–Crippen LogP) is 1.40. The number of benzene rings is 1. The van der Waals surface area contributed by atoms with Crippen LogP contribution < -0.4 is 9.88 Å². The Labute approximate surface area is 124 Å². The van der Waals surface area contributed by atoms with Crippen molar-refractivity contribution < 1.29 is 22.7 Å². The lowest BCUT2D eigenvalue weighted by molar-refractivity contribution is -0.147. The Balaban J connectivity index is 2.31. The summed E-state index contributed by atoms with van der Waals surface area (Å²) in [5.41, 5.74) is 0.515. The molecule has 0 saturated carbocycles. The molecule has 1 aliphatic heterocycles. The van der Waals surface area contributed by atoms with Crippen molar-refractivity contribution in [3.05, 3.63) is 23.8 Å². The van der Waals surface area contributed by atoms with E-state index >= 15 is 0 Å². The monoisotopic (exact) mass is 313 g/mol. The largest absolute Gasteiger partial charge is 0.493 e. The van der Waals surface area contributed by atoms with Gasteiger partial charge in [-0.05, 0) is 30.5 Å². The van der Waals surface area contributed by atoms with E-state index in [2.05, 4.69) is 0 Å². The molecule has 1 aromatic rings. The van der Waals surface area contributed by atoms with Crippen LogP contribution in [0.5, 0.6) is 5.75 Å². The normalized spacial score (nSPS) is 18.0. The van der Waals surface area contributed by atoms with Crippen molar-refractivity contribution >= 4 is 16.0 Å². The highest BCUT2D eigenvalue weighted by molar-refractivity contribution is 7.89. The van der Waals surface area contributed by atoms with Gasteiger partial charge in [-0.3, -0.25) is 4.79 Å². The molecule has 1 aromatic carbocycles. The molecular formula is C14H19NO5S.